The Kier molecular flexibility index (Phi) is 6.34. The molecule has 3 aromatic rings. The van der Waals surface area contributed by atoms with Crippen LogP contribution in [0.15, 0.2) is 67.1 Å². The number of anilines is 2. The molecule has 3 N–H and O–H groups in total. The minimum Gasteiger partial charge on any atom is -0.397 e. The van der Waals surface area contributed by atoms with E-state index < -0.39 is 0 Å². The molecule has 2 aromatic heterocycles. The summed E-state index contributed by atoms with van der Waals surface area (Å²) in [6, 6.07) is 14.6. The quantitative estimate of drug-likeness (QED) is 0.587. The van der Waals surface area contributed by atoms with Gasteiger partial charge in [-0.3, -0.25) is 14.8 Å². The smallest absolute Gasteiger partial charge is 0.196 e. The summed E-state index contributed by atoms with van der Waals surface area (Å²) in [4.78, 5) is 23.6. The van der Waals surface area contributed by atoms with E-state index in [1.165, 1.54) is 0 Å². The fraction of sp³-hybridized carbons (Fsp3) is 0.227. The monoisotopic (exact) mass is 375 g/mol. The number of nitrogens with one attached hydrogen (secondary N) is 1. The Bertz CT molecular complexity index is 927. The van der Waals surface area contributed by atoms with E-state index in [0.29, 0.717) is 16.8 Å². The summed E-state index contributed by atoms with van der Waals surface area (Å²) in [5.74, 6) is -0.0726. The molecule has 0 bridgehead atoms. The van der Waals surface area contributed by atoms with Gasteiger partial charge in [0.15, 0.2) is 5.78 Å². The first-order chi connectivity index (χ1) is 13.6. The fourth-order valence-corrected chi connectivity index (χ4v) is 3.03. The minimum atomic E-state index is -0.119. The van der Waals surface area contributed by atoms with Crippen molar-refractivity contribution in [2.24, 2.45) is 0 Å². The lowest BCUT2D eigenvalue weighted by Gasteiger charge is -2.23. The summed E-state index contributed by atoms with van der Waals surface area (Å²) in [6.45, 7) is 0.854. The van der Waals surface area contributed by atoms with Gasteiger partial charge < -0.3 is 16.0 Å². The van der Waals surface area contributed by atoms with Crippen LogP contribution in [0.4, 0.5) is 11.4 Å². The topological polar surface area (TPSA) is 84.1 Å². The maximum absolute atomic E-state index is 13.0. The Morgan fingerprint density at radius 1 is 1.11 bits per heavy atom. The summed E-state index contributed by atoms with van der Waals surface area (Å²) in [5, 5.41) is 3.50. The molecule has 0 amide bonds. The van der Waals surface area contributed by atoms with Crippen molar-refractivity contribution in [3.05, 3.63) is 83.9 Å². The predicted molar refractivity (Wildman–Crippen MR) is 112 cm³/mol. The van der Waals surface area contributed by atoms with Crippen molar-refractivity contribution < 1.29 is 4.79 Å². The Morgan fingerprint density at radius 2 is 1.89 bits per heavy atom. The molecule has 2 heterocycles. The molecule has 0 radical (unpaired) electrons. The number of hydrogen-bond donors (Lipinski definition) is 2. The highest BCUT2D eigenvalue weighted by Crippen LogP contribution is 2.28. The normalized spacial score (nSPS) is 12.0. The second-order valence-electron chi connectivity index (χ2n) is 6.88. The van der Waals surface area contributed by atoms with Gasteiger partial charge >= 0.3 is 0 Å². The minimum absolute atomic E-state index is 0.0726. The molecule has 0 saturated heterocycles. The number of aromatic nitrogens is 2. The molecule has 0 aliphatic heterocycles. The third-order valence-electron chi connectivity index (χ3n) is 4.49. The van der Waals surface area contributed by atoms with Crippen molar-refractivity contribution in [1.29, 1.82) is 0 Å². The number of nitrogens with zero attached hydrogens (tertiary/aromatic N) is 3. The van der Waals surface area contributed by atoms with Crippen LogP contribution in [-0.4, -0.2) is 41.3 Å². The van der Waals surface area contributed by atoms with E-state index in [1.54, 1.807) is 30.7 Å². The number of ketones is 1. The van der Waals surface area contributed by atoms with Crippen molar-refractivity contribution in [3.8, 4) is 0 Å². The first kappa shape index (κ1) is 19.5. The van der Waals surface area contributed by atoms with Crippen LogP contribution >= 0.6 is 0 Å². The molecular weight excluding hydrogens is 350 g/mol. The molecule has 0 fully saturated rings. The van der Waals surface area contributed by atoms with Gasteiger partial charge in [0, 0.05) is 35.4 Å². The highest BCUT2D eigenvalue weighted by molar-refractivity contribution is 6.12. The van der Waals surface area contributed by atoms with Crippen molar-refractivity contribution in [3.63, 3.8) is 0 Å². The van der Waals surface area contributed by atoms with Crippen LogP contribution in [0.2, 0.25) is 0 Å². The number of hydrogen-bond acceptors (Lipinski definition) is 6. The molecule has 0 aliphatic rings. The number of carbonyl (C=O) groups excluding carboxylic acids is 1. The van der Waals surface area contributed by atoms with E-state index in [2.05, 4.69) is 20.2 Å². The molecule has 0 saturated carbocycles. The van der Waals surface area contributed by atoms with Crippen LogP contribution in [0.25, 0.3) is 0 Å². The zero-order chi connectivity index (χ0) is 19.9. The van der Waals surface area contributed by atoms with E-state index in [1.807, 2.05) is 50.5 Å². The van der Waals surface area contributed by atoms with Crippen LogP contribution in [0.1, 0.15) is 34.1 Å². The second-order valence-corrected chi connectivity index (χ2v) is 6.88. The highest BCUT2D eigenvalue weighted by Gasteiger charge is 2.20. The molecule has 3 rings (SSSR count). The van der Waals surface area contributed by atoms with Crippen LogP contribution in [0.5, 0.6) is 0 Å². The van der Waals surface area contributed by atoms with E-state index in [0.717, 1.165) is 24.3 Å². The molecule has 1 aromatic carbocycles. The zero-order valence-electron chi connectivity index (χ0n) is 16.2. The van der Waals surface area contributed by atoms with Gasteiger partial charge in [-0.2, -0.15) is 0 Å². The van der Waals surface area contributed by atoms with Gasteiger partial charge in [-0.1, -0.05) is 12.1 Å². The fourth-order valence-electron chi connectivity index (χ4n) is 3.03. The van der Waals surface area contributed by atoms with Crippen LogP contribution in [0, 0.1) is 0 Å². The van der Waals surface area contributed by atoms with E-state index in [4.69, 9.17) is 5.73 Å². The van der Waals surface area contributed by atoms with Gasteiger partial charge in [0.05, 0.1) is 17.4 Å². The molecule has 6 nitrogen and oxygen atoms in total. The third kappa shape index (κ3) is 4.72. The van der Waals surface area contributed by atoms with Gasteiger partial charge in [0.1, 0.15) is 0 Å². The van der Waals surface area contributed by atoms with Crippen molar-refractivity contribution >= 4 is 17.2 Å². The summed E-state index contributed by atoms with van der Waals surface area (Å²) in [7, 11) is 4.05. The molecule has 1 unspecified atom stereocenters. The molecule has 28 heavy (non-hydrogen) atoms. The van der Waals surface area contributed by atoms with Gasteiger partial charge in [-0.15, -0.1) is 0 Å². The molecule has 6 heteroatoms. The number of nitrogens with two attached hydrogens (primary N) is 1. The number of benzene rings is 1. The average molecular weight is 375 g/mol. The third-order valence-corrected chi connectivity index (χ3v) is 4.49. The molecule has 0 aliphatic carbocycles. The Balaban J connectivity index is 1.93. The van der Waals surface area contributed by atoms with E-state index >= 15 is 0 Å². The predicted octanol–water partition coefficient (Wildman–Crippen LogP) is 3.39. The lowest BCUT2D eigenvalue weighted by Crippen LogP contribution is -2.22. The zero-order valence-corrected chi connectivity index (χ0v) is 16.2. The number of para-hydroxylation sites is 1. The molecule has 0 spiro atoms. The second kappa shape index (κ2) is 9.10. The van der Waals surface area contributed by atoms with Gasteiger partial charge in [0.2, 0.25) is 0 Å². The molecular formula is C22H25N5O. The lowest BCUT2D eigenvalue weighted by atomic mass is 10.0. The average Bonchev–Trinajstić information content (AvgIpc) is 2.72. The highest BCUT2D eigenvalue weighted by atomic mass is 16.1. The summed E-state index contributed by atoms with van der Waals surface area (Å²) >= 11 is 0. The first-order valence-corrected chi connectivity index (χ1v) is 9.21. The number of carbonyl (C=O) groups is 1. The standard InChI is InChI=1S/C22H25N5O/c1-27(2)14-11-20(21-18(23)9-6-13-25-21)26-19-10-4-3-8-17(19)22(28)16-7-5-12-24-15-16/h3-10,12-13,15,20,26H,11,14,23H2,1-2H3. The van der Waals surface area contributed by atoms with Crippen molar-refractivity contribution in [1.82, 2.24) is 14.9 Å². The SMILES string of the molecule is CN(C)CCC(Nc1ccccc1C(=O)c1cccnc1)c1ncccc1N. The van der Waals surface area contributed by atoms with Crippen LogP contribution in [0.3, 0.4) is 0 Å². The van der Waals surface area contributed by atoms with Gasteiger partial charge in [-0.05, 0) is 63.5 Å². The van der Waals surface area contributed by atoms with Crippen molar-refractivity contribution in [2.45, 2.75) is 12.5 Å². The Labute approximate surface area is 165 Å². The molecule has 144 valence electrons. The maximum Gasteiger partial charge on any atom is 0.196 e. The number of nitrogen functional groups attached to an aromatic ring is 1. The lowest BCUT2D eigenvalue weighted by molar-refractivity contribution is 0.103. The summed E-state index contributed by atoms with van der Waals surface area (Å²) in [5.41, 5.74) is 9.50. The largest absolute Gasteiger partial charge is 0.397 e. The summed E-state index contributed by atoms with van der Waals surface area (Å²) in [6.07, 6.45) is 5.77. The van der Waals surface area contributed by atoms with E-state index in [9.17, 15) is 4.79 Å². The Hall–Kier alpha value is -3.25. The van der Waals surface area contributed by atoms with Crippen LogP contribution < -0.4 is 11.1 Å². The van der Waals surface area contributed by atoms with E-state index in [-0.39, 0.29) is 11.8 Å². The maximum atomic E-state index is 13.0. The Morgan fingerprint density at radius 3 is 2.61 bits per heavy atom. The van der Waals surface area contributed by atoms with Crippen LogP contribution in [-0.2, 0) is 0 Å². The molecule has 1 atom stereocenters. The number of rotatable bonds is 8. The van der Waals surface area contributed by atoms with Crippen molar-refractivity contribution in [2.75, 3.05) is 31.7 Å². The van der Waals surface area contributed by atoms with Gasteiger partial charge in [0.25, 0.3) is 0 Å². The first-order valence-electron chi connectivity index (χ1n) is 9.21. The number of pyridine rings is 2. The van der Waals surface area contributed by atoms with Gasteiger partial charge in [-0.25, -0.2) is 0 Å². The summed E-state index contributed by atoms with van der Waals surface area (Å²) < 4.78 is 0.